The Bertz CT molecular complexity index is 535. The lowest BCUT2D eigenvalue weighted by molar-refractivity contribution is 1.35. The molecule has 0 saturated heterocycles. The van der Waals surface area contributed by atoms with Gasteiger partial charge in [-0.25, -0.2) is 0 Å². The molecule has 0 unspecified atom stereocenters. The molecule has 0 fully saturated rings. The minimum Gasteiger partial charge on any atom is -0.278 e. The molecule has 17 heavy (non-hydrogen) atoms. The fraction of sp³-hybridized carbons (Fsp3) is 0.0714. The van der Waals surface area contributed by atoms with Crippen LogP contribution in [0.1, 0.15) is 11.1 Å². The maximum atomic E-state index is 5.87. The van der Waals surface area contributed by atoms with E-state index in [0.29, 0.717) is 5.02 Å². The van der Waals surface area contributed by atoms with Crippen LogP contribution in [0.5, 0.6) is 0 Å². The van der Waals surface area contributed by atoms with Crippen molar-refractivity contribution in [3.05, 3.63) is 64.7 Å². The summed E-state index contributed by atoms with van der Waals surface area (Å²) in [7, 11) is 0. The largest absolute Gasteiger partial charge is 0.278 e. The van der Waals surface area contributed by atoms with Gasteiger partial charge >= 0.3 is 0 Å². The predicted octanol–water partition coefficient (Wildman–Crippen LogP) is 4.09. The first-order valence-corrected chi connectivity index (χ1v) is 5.73. The second-order valence-corrected chi connectivity index (χ2v) is 4.23. The molecular weight excluding hydrogens is 232 g/mol. The van der Waals surface area contributed by atoms with E-state index < -0.39 is 0 Å². The van der Waals surface area contributed by atoms with E-state index in [4.69, 9.17) is 11.6 Å². The number of hydrogen-bond acceptors (Lipinski definition) is 2. The minimum atomic E-state index is 0.695. The predicted molar refractivity (Wildman–Crippen MR) is 73.8 cm³/mol. The van der Waals surface area contributed by atoms with Crippen molar-refractivity contribution in [2.75, 3.05) is 5.43 Å². The van der Waals surface area contributed by atoms with Crippen LogP contribution in [0.25, 0.3) is 0 Å². The van der Waals surface area contributed by atoms with Crippen molar-refractivity contribution in [1.82, 2.24) is 0 Å². The molecule has 3 heteroatoms. The second kappa shape index (κ2) is 5.51. The van der Waals surface area contributed by atoms with Crippen LogP contribution in [-0.4, -0.2) is 6.21 Å². The minimum absolute atomic E-state index is 0.695. The van der Waals surface area contributed by atoms with E-state index in [2.05, 4.69) is 29.6 Å². The molecule has 2 aromatic rings. The molecule has 0 radical (unpaired) electrons. The van der Waals surface area contributed by atoms with Gasteiger partial charge in [-0.1, -0.05) is 47.5 Å². The first kappa shape index (κ1) is 11.7. The van der Waals surface area contributed by atoms with Crippen LogP contribution in [-0.2, 0) is 0 Å². The summed E-state index contributed by atoms with van der Waals surface area (Å²) in [4.78, 5) is 0. The Kier molecular flexibility index (Phi) is 3.78. The number of hydrogen-bond donors (Lipinski definition) is 1. The summed E-state index contributed by atoms with van der Waals surface area (Å²) < 4.78 is 0. The van der Waals surface area contributed by atoms with Crippen molar-refractivity contribution < 1.29 is 0 Å². The topological polar surface area (TPSA) is 24.4 Å². The molecule has 0 heterocycles. The quantitative estimate of drug-likeness (QED) is 0.638. The highest BCUT2D eigenvalue weighted by atomic mass is 35.5. The summed E-state index contributed by atoms with van der Waals surface area (Å²) in [5.74, 6) is 0. The molecule has 86 valence electrons. The Labute approximate surface area is 106 Å². The van der Waals surface area contributed by atoms with Crippen LogP contribution in [0, 0.1) is 6.92 Å². The van der Waals surface area contributed by atoms with Gasteiger partial charge in [0, 0.05) is 5.02 Å². The summed E-state index contributed by atoms with van der Waals surface area (Å²) in [6, 6.07) is 15.6. The Morgan fingerprint density at radius 2 is 1.94 bits per heavy atom. The molecule has 0 aromatic heterocycles. The Balaban J connectivity index is 2.03. The van der Waals surface area contributed by atoms with Gasteiger partial charge in [-0.05, 0) is 30.7 Å². The number of aryl methyl sites for hydroxylation is 1. The lowest BCUT2D eigenvalue weighted by Gasteiger charge is -2.00. The van der Waals surface area contributed by atoms with Crippen molar-refractivity contribution in [3.8, 4) is 0 Å². The number of nitrogens with zero attached hydrogens (tertiary/aromatic N) is 1. The van der Waals surface area contributed by atoms with E-state index in [1.807, 2.05) is 36.4 Å². The smallest absolute Gasteiger partial charge is 0.0576 e. The Hall–Kier alpha value is -1.80. The van der Waals surface area contributed by atoms with Gasteiger partial charge in [0.15, 0.2) is 0 Å². The summed E-state index contributed by atoms with van der Waals surface area (Å²) in [6.45, 7) is 2.06. The van der Waals surface area contributed by atoms with E-state index in [1.165, 1.54) is 5.56 Å². The third-order valence-corrected chi connectivity index (χ3v) is 2.51. The molecule has 2 rings (SSSR count). The van der Waals surface area contributed by atoms with Gasteiger partial charge in [0.25, 0.3) is 0 Å². The van der Waals surface area contributed by atoms with Gasteiger partial charge in [0.2, 0.25) is 0 Å². The van der Waals surface area contributed by atoms with Crippen LogP contribution in [0.15, 0.2) is 53.6 Å². The van der Waals surface area contributed by atoms with Crippen LogP contribution in [0.2, 0.25) is 5.02 Å². The highest BCUT2D eigenvalue weighted by molar-refractivity contribution is 6.30. The lowest BCUT2D eigenvalue weighted by Crippen LogP contribution is -1.90. The standard InChI is InChI=1S/C14H13ClN2/c1-11-4-2-5-12(8-11)10-16-17-14-7-3-6-13(15)9-14/h2-10,17H,1H3/b16-10-. The van der Waals surface area contributed by atoms with E-state index in [1.54, 1.807) is 6.21 Å². The van der Waals surface area contributed by atoms with Gasteiger partial charge in [-0.2, -0.15) is 5.10 Å². The average Bonchev–Trinajstić information content (AvgIpc) is 2.29. The van der Waals surface area contributed by atoms with Crippen molar-refractivity contribution in [3.63, 3.8) is 0 Å². The van der Waals surface area contributed by atoms with Crippen LogP contribution >= 0.6 is 11.6 Å². The number of rotatable bonds is 3. The monoisotopic (exact) mass is 244 g/mol. The molecule has 0 amide bonds. The molecular formula is C14H13ClN2. The average molecular weight is 245 g/mol. The van der Waals surface area contributed by atoms with E-state index in [-0.39, 0.29) is 0 Å². The third-order valence-electron chi connectivity index (χ3n) is 2.27. The number of benzene rings is 2. The third kappa shape index (κ3) is 3.61. The molecule has 0 spiro atoms. The number of nitrogens with one attached hydrogen (secondary N) is 1. The van der Waals surface area contributed by atoms with Crippen LogP contribution < -0.4 is 5.43 Å². The van der Waals surface area contributed by atoms with Gasteiger partial charge in [0.05, 0.1) is 11.9 Å². The zero-order chi connectivity index (χ0) is 12.1. The van der Waals surface area contributed by atoms with Gasteiger partial charge < -0.3 is 0 Å². The van der Waals surface area contributed by atoms with E-state index in [0.717, 1.165) is 11.3 Å². The maximum Gasteiger partial charge on any atom is 0.0576 e. The summed E-state index contributed by atoms with van der Waals surface area (Å²) in [5.41, 5.74) is 6.10. The van der Waals surface area contributed by atoms with E-state index >= 15 is 0 Å². The highest BCUT2D eigenvalue weighted by Crippen LogP contribution is 2.14. The van der Waals surface area contributed by atoms with Crippen LogP contribution in [0.3, 0.4) is 0 Å². The zero-order valence-corrected chi connectivity index (χ0v) is 10.3. The summed E-state index contributed by atoms with van der Waals surface area (Å²) in [6.07, 6.45) is 1.79. The fourth-order valence-electron chi connectivity index (χ4n) is 1.49. The number of hydrazone groups is 1. The molecule has 0 bridgehead atoms. The van der Waals surface area contributed by atoms with Crippen molar-refractivity contribution in [2.24, 2.45) is 5.10 Å². The van der Waals surface area contributed by atoms with Crippen molar-refractivity contribution >= 4 is 23.5 Å². The second-order valence-electron chi connectivity index (χ2n) is 3.79. The normalized spacial score (nSPS) is 10.7. The highest BCUT2D eigenvalue weighted by Gasteiger charge is 1.91. The molecule has 0 aliphatic carbocycles. The first-order valence-electron chi connectivity index (χ1n) is 5.35. The Morgan fingerprint density at radius 1 is 1.12 bits per heavy atom. The van der Waals surface area contributed by atoms with Gasteiger partial charge in [-0.3, -0.25) is 5.43 Å². The van der Waals surface area contributed by atoms with Crippen molar-refractivity contribution in [1.29, 1.82) is 0 Å². The summed E-state index contributed by atoms with van der Waals surface area (Å²) >= 11 is 5.87. The molecule has 2 aromatic carbocycles. The van der Waals surface area contributed by atoms with Crippen LogP contribution in [0.4, 0.5) is 5.69 Å². The summed E-state index contributed by atoms with van der Waals surface area (Å²) in [5, 5.41) is 4.86. The first-order chi connectivity index (χ1) is 8.24. The maximum absolute atomic E-state index is 5.87. The fourth-order valence-corrected chi connectivity index (χ4v) is 1.68. The van der Waals surface area contributed by atoms with Gasteiger partial charge in [0.1, 0.15) is 0 Å². The SMILES string of the molecule is Cc1cccc(/C=N\Nc2cccc(Cl)c2)c1. The van der Waals surface area contributed by atoms with Gasteiger partial charge in [-0.15, -0.1) is 0 Å². The number of halogens is 1. The molecule has 0 aliphatic heterocycles. The van der Waals surface area contributed by atoms with Crippen molar-refractivity contribution in [2.45, 2.75) is 6.92 Å². The molecule has 0 aliphatic rings. The van der Waals surface area contributed by atoms with E-state index in [9.17, 15) is 0 Å². The molecule has 1 N–H and O–H groups in total. The zero-order valence-electron chi connectivity index (χ0n) is 9.52. The number of anilines is 1. The molecule has 0 saturated carbocycles. The molecule has 0 atom stereocenters. The Morgan fingerprint density at radius 3 is 2.71 bits per heavy atom. The molecule has 2 nitrogen and oxygen atoms in total. The lowest BCUT2D eigenvalue weighted by atomic mass is 10.2.